The molecule has 0 bridgehead atoms. The molecule has 1 heteroatoms. The van der Waals surface area contributed by atoms with Gasteiger partial charge in [-0.3, -0.25) is 0 Å². The minimum atomic E-state index is -0.637. The molecule has 0 spiro atoms. The van der Waals surface area contributed by atoms with Gasteiger partial charge in [-0.1, -0.05) is 51.5 Å². The maximum Gasteiger partial charge on any atom is 0.0898 e. The number of hydrogen-bond donors (Lipinski definition) is 1. The van der Waals surface area contributed by atoms with E-state index in [2.05, 4.69) is 26.8 Å². The largest absolute Gasteiger partial charge is 0.385 e. The van der Waals surface area contributed by atoms with Crippen LogP contribution in [0.4, 0.5) is 0 Å². The zero-order valence-electron chi connectivity index (χ0n) is 8.75. The third kappa shape index (κ3) is 2.22. The molecule has 0 heterocycles. The lowest BCUT2D eigenvalue weighted by Crippen LogP contribution is -2.38. The Kier molecular flexibility index (Phi) is 3.32. The summed E-state index contributed by atoms with van der Waals surface area (Å²) in [7, 11) is 0. The maximum atomic E-state index is 10.3. The maximum absolute atomic E-state index is 10.3. The third-order valence-corrected chi connectivity index (χ3v) is 2.61. The summed E-state index contributed by atoms with van der Waals surface area (Å²) in [6, 6.07) is 0. The van der Waals surface area contributed by atoms with Crippen molar-refractivity contribution in [1.29, 1.82) is 0 Å². The van der Waals surface area contributed by atoms with Crippen LogP contribution in [0.15, 0.2) is 24.3 Å². The Morgan fingerprint density at radius 3 is 2.62 bits per heavy atom. The van der Waals surface area contributed by atoms with Crippen LogP contribution in [0, 0.1) is 11.8 Å². The molecule has 1 aliphatic carbocycles. The van der Waals surface area contributed by atoms with Crippen LogP contribution in [0.3, 0.4) is 0 Å². The van der Waals surface area contributed by atoms with Crippen molar-refractivity contribution >= 4 is 0 Å². The molecule has 13 heavy (non-hydrogen) atoms. The fourth-order valence-electron chi connectivity index (χ4n) is 2.00. The molecule has 0 amide bonds. The van der Waals surface area contributed by atoms with E-state index in [9.17, 15) is 5.11 Å². The molecule has 0 aromatic carbocycles. The lowest BCUT2D eigenvalue weighted by molar-refractivity contribution is 0.0427. The first-order chi connectivity index (χ1) is 6.10. The standard InChI is InChI=1S/C12H19O/c1-4-8-12(13)9-6-5-7-11(12)10(2)3/h5-7,9,11,13H,4,8H2,1-3H3. The molecule has 1 rings (SSSR count). The Morgan fingerprint density at radius 2 is 2.08 bits per heavy atom. The summed E-state index contributed by atoms with van der Waals surface area (Å²) >= 11 is 0. The normalized spacial score (nSPS) is 32.8. The Hall–Kier alpha value is -0.560. The fraction of sp³-hybridized carbons (Fsp3) is 0.583. The summed E-state index contributed by atoms with van der Waals surface area (Å²) in [5.41, 5.74) is -0.637. The smallest absolute Gasteiger partial charge is 0.0898 e. The van der Waals surface area contributed by atoms with Gasteiger partial charge in [0.25, 0.3) is 0 Å². The van der Waals surface area contributed by atoms with Crippen molar-refractivity contribution in [3.8, 4) is 0 Å². The molecule has 0 aromatic heterocycles. The van der Waals surface area contributed by atoms with E-state index in [1.165, 1.54) is 5.92 Å². The van der Waals surface area contributed by atoms with Gasteiger partial charge in [0, 0.05) is 5.92 Å². The number of rotatable bonds is 3. The van der Waals surface area contributed by atoms with E-state index in [1.807, 2.05) is 18.2 Å². The minimum Gasteiger partial charge on any atom is -0.385 e. The van der Waals surface area contributed by atoms with Crippen molar-refractivity contribution < 1.29 is 5.11 Å². The second kappa shape index (κ2) is 4.10. The van der Waals surface area contributed by atoms with Crippen molar-refractivity contribution in [1.82, 2.24) is 0 Å². The van der Waals surface area contributed by atoms with Gasteiger partial charge in [-0.15, -0.1) is 0 Å². The molecular weight excluding hydrogens is 160 g/mol. The van der Waals surface area contributed by atoms with Gasteiger partial charge in [0.05, 0.1) is 5.60 Å². The Morgan fingerprint density at radius 1 is 1.38 bits per heavy atom. The zero-order chi connectivity index (χ0) is 9.90. The van der Waals surface area contributed by atoms with Crippen LogP contribution in [-0.4, -0.2) is 10.7 Å². The summed E-state index contributed by atoms with van der Waals surface area (Å²) in [6.07, 6.45) is 9.82. The van der Waals surface area contributed by atoms with Crippen LogP contribution < -0.4 is 0 Å². The predicted molar refractivity (Wildman–Crippen MR) is 56.2 cm³/mol. The third-order valence-electron chi connectivity index (χ3n) is 2.61. The molecule has 0 saturated heterocycles. The molecule has 1 aliphatic rings. The minimum absolute atomic E-state index is 0.192. The predicted octanol–water partition coefficient (Wildman–Crippen LogP) is 2.87. The van der Waals surface area contributed by atoms with Gasteiger partial charge in [-0.05, 0) is 12.3 Å². The second-order valence-corrected chi connectivity index (χ2v) is 4.04. The Labute approximate surface area is 81.2 Å². The monoisotopic (exact) mass is 179 g/mol. The molecule has 0 aromatic rings. The van der Waals surface area contributed by atoms with Crippen LogP contribution in [0.2, 0.25) is 0 Å². The van der Waals surface area contributed by atoms with Gasteiger partial charge in [-0.2, -0.15) is 0 Å². The van der Waals surface area contributed by atoms with Gasteiger partial charge in [0.15, 0.2) is 0 Å². The molecule has 0 saturated carbocycles. The summed E-state index contributed by atoms with van der Waals surface area (Å²) in [4.78, 5) is 0. The highest BCUT2D eigenvalue weighted by atomic mass is 16.3. The van der Waals surface area contributed by atoms with Crippen molar-refractivity contribution in [2.24, 2.45) is 5.92 Å². The van der Waals surface area contributed by atoms with Gasteiger partial charge < -0.3 is 5.11 Å². The van der Waals surface area contributed by atoms with E-state index in [1.54, 1.807) is 0 Å². The first-order valence-corrected chi connectivity index (χ1v) is 4.98. The average molecular weight is 179 g/mol. The van der Waals surface area contributed by atoms with E-state index in [0.29, 0.717) is 0 Å². The SMILES string of the molecule is CCCC1(O)C=CC=CC1[C](C)C. The molecule has 2 unspecified atom stereocenters. The van der Waals surface area contributed by atoms with Gasteiger partial charge >= 0.3 is 0 Å². The summed E-state index contributed by atoms with van der Waals surface area (Å²) < 4.78 is 0. The molecular formula is C12H19O. The number of aliphatic hydroxyl groups is 1. The van der Waals surface area contributed by atoms with Crippen LogP contribution in [-0.2, 0) is 0 Å². The van der Waals surface area contributed by atoms with Crippen molar-refractivity contribution in [3.63, 3.8) is 0 Å². The molecule has 0 aliphatic heterocycles. The average Bonchev–Trinajstić information content (AvgIpc) is 2.04. The van der Waals surface area contributed by atoms with Gasteiger partial charge in [0.2, 0.25) is 0 Å². The highest BCUT2D eigenvalue weighted by Crippen LogP contribution is 2.34. The van der Waals surface area contributed by atoms with Gasteiger partial charge in [-0.25, -0.2) is 0 Å². The summed E-state index contributed by atoms with van der Waals surface area (Å²) in [5, 5.41) is 10.3. The molecule has 2 atom stereocenters. The van der Waals surface area contributed by atoms with Crippen LogP contribution >= 0.6 is 0 Å². The van der Waals surface area contributed by atoms with E-state index < -0.39 is 5.60 Å². The quantitative estimate of drug-likeness (QED) is 0.706. The topological polar surface area (TPSA) is 20.2 Å². The van der Waals surface area contributed by atoms with Crippen molar-refractivity contribution in [3.05, 3.63) is 30.2 Å². The summed E-state index contributed by atoms with van der Waals surface area (Å²) in [6.45, 7) is 6.26. The number of allylic oxidation sites excluding steroid dienone is 2. The van der Waals surface area contributed by atoms with E-state index >= 15 is 0 Å². The van der Waals surface area contributed by atoms with E-state index in [4.69, 9.17) is 0 Å². The Balaban J connectivity index is 2.80. The molecule has 73 valence electrons. The Bertz CT molecular complexity index is 215. The van der Waals surface area contributed by atoms with Crippen LogP contribution in [0.5, 0.6) is 0 Å². The van der Waals surface area contributed by atoms with E-state index in [0.717, 1.165) is 12.8 Å². The zero-order valence-corrected chi connectivity index (χ0v) is 8.75. The van der Waals surface area contributed by atoms with Gasteiger partial charge in [0.1, 0.15) is 0 Å². The first kappa shape index (κ1) is 10.5. The first-order valence-electron chi connectivity index (χ1n) is 4.98. The van der Waals surface area contributed by atoms with Crippen LogP contribution in [0.1, 0.15) is 33.6 Å². The fourth-order valence-corrected chi connectivity index (χ4v) is 2.00. The van der Waals surface area contributed by atoms with Crippen LogP contribution in [0.25, 0.3) is 0 Å². The highest BCUT2D eigenvalue weighted by Gasteiger charge is 2.34. The molecule has 0 fully saturated rings. The highest BCUT2D eigenvalue weighted by molar-refractivity contribution is 5.26. The summed E-state index contributed by atoms with van der Waals surface area (Å²) in [5.74, 6) is 1.47. The lowest BCUT2D eigenvalue weighted by Gasteiger charge is -2.35. The lowest BCUT2D eigenvalue weighted by atomic mass is 9.75. The second-order valence-electron chi connectivity index (χ2n) is 4.04. The van der Waals surface area contributed by atoms with Crippen molar-refractivity contribution in [2.45, 2.75) is 39.2 Å². The van der Waals surface area contributed by atoms with Crippen molar-refractivity contribution in [2.75, 3.05) is 0 Å². The van der Waals surface area contributed by atoms with E-state index in [-0.39, 0.29) is 5.92 Å². The molecule has 1 N–H and O–H groups in total. The molecule has 1 nitrogen and oxygen atoms in total. The number of hydrogen-bond acceptors (Lipinski definition) is 1. The molecule has 1 radical (unpaired) electrons.